The van der Waals surface area contributed by atoms with Gasteiger partial charge in [0.05, 0.1) is 5.56 Å². The Balaban J connectivity index is 2.14. The highest BCUT2D eigenvalue weighted by Gasteiger charge is 2.07. The molecule has 2 heterocycles. The van der Waals surface area contributed by atoms with Crippen molar-refractivity contribution in [3.8, 4) is 6.07 Å². The Morgan fingerprint density at radius 3 is 2.78 bits per heavy atom. The van der Waals surface area contributed by atoms with Crippen molar-refractivity contribution >= 4 is 11.6 Å². The van der Waals surface area contributed by atoms with Crippen LogP contribution in [0, 0.1) is 18.3 Å². The summed E-state index contributed by atoms with van der Waals surface area (Å²) in [6.07, 6.45) is 2.99. The van der Waals surface area contributed by atoms with Gasteiger partial charge < -0.3 is 5.32 Å². The van der Waals surface area contributed by atoms with Crippen LogP contribution in [0.1, 0.15) is 21.7 Å². The molecular formula is C13H10N4O. The van der Waals surface area contributed by atoms with Gasteiger partial charge in [0.15, 0.2) is 0 Å². The van der Waals surface area contributed by atoms with E-state index >= 15 is 0 Å². The molecule has 0 saturated carbocycles. The number of nitrogens with zero attached hydrogens (tertiary/aromatic N) is 3. The number of anilines is 1. The van der Waals surface area contributed by atoms with Crippen LogP contribution in [0.15, 0.2) is 36.7 Å². The third-order valence-electron chi connectivity index (χ3n) is 2.28. The topological polar surface area (TPSA) is 78.7 Å². The normalized spacial score (nSPS) is 9.56. The molecule has 0 unspecified atom stereocenters. The molecule has 0 aromatic carbocycles. The zero-order valence-corrected chi connectivity index (χ0v) is 9.71. The Labute approximate surface area is 104 Å². The van der Waals surface area contributed by atoms with Crippen molar-refractivity contribution < 1.29 is 4.79 Å². The van der Waals surface area contributed by atoms with Crippen molar-refractivity contribution in [1.82, 2.24) is 9.97 Å². The first-order chi connectivity index (χ1) is 8.69. The minimum Gasteiger partial charge on any atom is -0.321 e. The Hall–Kier alpha value is -2.74. The van der Waals surface area contributed by atoms with Gasteiger partial charge in [-0.15, -0.1) is 0 Å². The molecule has 88 valence electrons. The van der Waals surface area contributed by atoms with Crippen molar-refractivity contribution in [2.45, 2.75) is 6.92 Å². The second-order valence-corrected chi connectivity index (χ2v) is 3.68. The number of carbonyl (C=O) groups excluding carboxylic acids is 1. The summed E-state index contributed by atoms with van der Waals surface area (Å²) in [6, 6.07) is 8.49. The van der Waals surface area contributed by atoms with Gasteiger partial charge in [0.2, 0.25) is 0 Å². The van der Waals surface area contributed by atoms with Gasteiger partial charge >= 0.3 is 0 Å². The smallest absolute Gasteiger partial charge is 0.274 e. The highest BCUT2D eigenvalue weighted by Crippen LogP contribution is 2.09. The van der Waals surface area contributed by atoms with E-state index in [-0.39, 0.29) is 11.6 Å². The minimum absolute atomic E-state index is 0.267. The molecule has 1 amide bonds. The zero-order chi connectivity index (χ0) is 13.0. The van der Waals surface area contributed by atoms with E-state index in [1.165, 1.54) is 12.3 Å². The quantitative estimate of drug-likeness (QED) is 0.866. The largest absolute Gasteiger partial charge is 0.321 e. The molecule has 0 aliphatic rings. The molecule has 2 rings (SSSR count). The summed E-state index contributed by atoms with van der Waals surface area (Å²) in [5.41, 5.74) is 2.18. The Morgan fingerprint density at radius 1 is 1.33 bits per heavy atom. The number of carbonyl (C=O) groups is 1. The maximum atomic E-state index is 11.8. The molecule has 0 saturated heterocycles. The van der Waals surface area contributed by atoms with E-state index in [1.807, 2.05) is 13.0 Å². The molecule has 0 radical (unpaired) electrons. The SMILES string of the molecule is Cc1cc(NC(=O)c2ccc(C#N)cn2)ccn1. The van der Waals surface area contributed by atoms with Crippen molar-refractivity contribution in [2.75, 3.05) is 5.32 Å². The number of nitriles is 1. The summed E-state index contributed by atoms with van der Waals surface area (Å²) in [4.78, 5) is 19.8. The maximum absolute atomic E-state index is 11.8. The molecule has 0 atom stereocenters. The monoisotopic (exact) mass is 238 g/mol. The Bertz CT molecular complexity index is 614. The molecular weight excluding hydrogens is 228 g/mol. The van der Waals surface area contributed by atoms with Gasteiger partial charge in [0.1, 0.15) is 11.8 Å². The number of hydrogen-bond donors (Lipinski definition) is 1. The van der Waals surface area contributed by atoms with Gasteiger partial charge in [0, 0.05) is 23.8 Å². The first-order valence-electron chi connectivity index (χ1n) is 5.29. The van der Waals surface area contributed by atoms with Crippen LogP contribution < -0.4 is 5.32 Å². The lowest BCUT2D eigenvalue weighted by Crippen LogP contribution is -2.13. The molecule has 0 fully saturated rings. The van der Waals surface area contributed by atoms with E-state index < -0.39 is 0 Å². The number of aromatic nitrogens is 2. The maximum Gasteiger partial charge on any atom is 0.274 e. The van der Waals surface area contributed by atoms with Gasteiger partial charge in [-0.25, -0.2) is 4.98 Å². The molecule has 0 aliphatic carbocycles. The van der Waals surface area contributed by atoms with Crippen LogP contribution in [-0.4, -0.2) is 15.9 Å². The van der Waals surface area contributed by atoms with Gasteiger partial charge in [0.25, 0.3) is 5.91 Å². The second-order valence-electron chi connectivity index (χ2n) is 3.68. The predicted molar refractivity (Wildman–Crippen MR) is 65.9 cm³/mol. The lowest BCUT2D eigenvalue weighted by molar-refractivity contribution is 0.102. The van der Waals surface area contributed by atoms with E-state index in [2.05, 4.69) is 15.3 Å². The molecule has 0 bridgehead atoms. The number of pyridine rings is 2. The Morgan fingerprint density at radius 2 is 2.17 bits per heavy atom. The lowest BCUT2D eigenvalue weighted by atomic mass is 10.2. The van der Waals surface area contributed by atoms with E-state index in [0.717, 1.165) is 5.69 Å². The first kappa shape index (κ1) is 11.7. The molecule has 0 spiro atoms. The van der Waals surface area contributed by atoms with Crippen molar-refractivity contribution in [2.24, 2.45) is 0 Å². The number of aryl methyl sites for hydroxylation is 1. The summed E-state index contributed by atoms with van der Waals surface area (Å²) in [5, 5.41) is 11.3. The molecule has 18 heavy (non-hydrogen) atoms. The highest BCUT2D eigenvalue weighted by molar-refractivity contribution is 6.02. The predicted octanol–water partition coefficient (Wildman–Crippen LogP) is 1.91. The van der Waals surface area contributed by atoms with Crippen LogP contribution >= 0.6 is 0 Å². The van der Waals surface area contributed by atoms with E-state index in [4.69, 9.17) is 5.26 Å². The first-order valence-corrected chi connectivity index (χ1v) is 5.29. The van der Waals surface area contributed by atoms with E-state index in [9.17, 15) is 4.79 Å². The van der Waals surface area contributed by atoms with E-state index in [0.29, 0.717) is 11.3 Å². The molecule has 5 nitrogen and oxygen atoms in total. The zero-order valence-electron chi connectivity index (χ0n) is 9.71. The summed E-state index contributed by atoms with van der Waals surface area (Å²) in [5.74, 6) is -0.315. The number of rotatable bonds is 2. The second kappa shape index (κ2) is 5.06. The van der Waals surface area contributed by atoms with Crippen LogP contribution in [0.3, 0.4) is 0 Å². The van der Waals surface area contributed by atoms with E-state index in [1.54, 1.807) is 24.4 Å². The van der Waals surface area contributed by atoms with Crippen molar-refractivity contribution in [3.05, 3.63) is 53.6 Å². The molecule has 5 heteroatoms. The minimum atomic E-state index is -0.315. The number of hydrogen-bond acceptors (Lipinski definition) is 4. The van der Waals surface area contributed by atoms with Crippen LogP contribution in [0.4, 0.5) is 5.69 Å². The molecule has 2 aromatic rings. The van der Waals surface area contributed by atoms with Crippen molar-refractivity contribution in [1.29, 1.82) is 5.26 Å². The fraction of sp³-hybridized carbons (Fsp3) is 0.0769. The van der Waals surface area contributed by atoms with Crippen LogP contribution in [0.2, 0.25) is 0 Å². The van der Waals surface area contributed by atoms with Gasteiger partial charge in [-0.2, -0.15) is 5.26 Å². The van der Waals surface area contributed by atoms with Gasteiger partial charge in [-0.3, -0.25) is 9.78 Å². The summed E-state index contributed by atoms with van der Waals surface area (Å²) in [6.45, 7) is 1.84. The lowest BCUT2D eigenvalue weighted by Gasteiger charge is -2.04. The molecule has 2 aromatic heterocycles. The summed E-state index contributed by atoms with van der Waals surface area (Å²) >= 11 is 0. The van der Waals surface area contributed by atoms with Crippen LogP contribution in [0.5, 0.6) is 0 Å². The van der Waals surface area contributed by atoms with Gasteiger partial charge in [-0.1, -0.05) is 0 Å². The highest BCUT2D eigenvalue weighted by atomic mass is 16.1. The third-order valence-corrected chi connectivity index (χ3v) is 2.28. The average molecular weight is 238 g/mol. The summed E-state index contributed by atoms with van der Waals surface area (Å²) in [7, 11) is 0. The number of amides is 1. The van der Waals surface area contributed by atoms with Crippen molar-refractivity contribution in [3.63, 3.8) is 0 Å². The fourth-order valence-corrected chi connectivity index (χ4v) is 1.41. The summed E-state index contributed by atoms with van der Waals surface area (Å²) < 4.78 is 0. The fourth-order valence-electron chi connectivity index (χ4n) is 1.41. The molecule has 0 aliphatic heterocycles. The number of nitrogens with one attached hydrogen (secondary N) is 1. The molecule has 1 N–H and O–H groups in total. The standard InChI is InChI=1S/C13H10N4O/c1-9-6-11(4-5-15-9)17-13(18)12-3-2-10(7-14)8-16-12/h2-6,8H,1H3,(H,15,17,18). The Kier molecular flexibility index (Phi) is 3.30. The van der Waals surface area contributed by atoms with Crippen LogP contribution in [-0.2, 0) is 0 Å². The average Bonchev–Trinajstić information content (AvgIpc) is 2.39. The van der Waals surface area contributed by atoms with Gasteiger partial charge in [-0.05, 0) is 31.2 Å². The van der Waals surface area contributed by atoms with Crippen LogP contribution in [0.25, 0.3) is 0 Å². The third kappa shape index (κ3) is 2.68.